The Bertz CT molecular complexity index is 357. The van der Waals surface area contributed by atoms with Crippen LogP contribution in [-0.4, -0.2) is 24.8 Å². The maximum Gasteiger partial charge on any atom is 0.125 e. The van der Waals surface area contributed by atoms with Gasteiger partial charge >= 0.3 is 0 Å². The summed E-state index contributed by atoms with van der Waals surface area (Å²) < 4.78 is 5.62. The van der Waals surface area contributed by atoms with E-state index in [4.69, 9.17) is 4.74 Å². The number of hydrogen-bond acceptors (Lipinski definition) is 3. The van der Waals surface area contributed by atoms with Crippen LogP contribution in [0, 0.1) is 0 Å². The van der Waals surface area contributed by atoms with Crippen LogP contribution in [-0.2, 0) is 5.60 Å². The summed E-state index contributed by atoms with van der Waals surface area (Å²) in [5, 5.41) is 14.1. The Labute approximate surface area is 103 Å². The topological polar surface area (TPSA) is 41.5 Å². The second-order valence-electron chi connectivity index (χ2n) is 4.56. The molecule has 0 radical (unpaired) electrons. The molecule has 1 aromatic rings. The van der Waals surface area contributed by atoms with E-state index in [9.17, 15) is 5.11 Å². The molecule has 2 rings (SSSR count). The first-order valence-electron chi connectivity index (χ1n) is 6.42. The Balaban J connectivity index is 2.29. The second kappa shape index (κ2) is 5.52. The summed E-state index contributed by atoms with van der Waals surface area (Å²) >= 11 is 0. The number of ether oxygens (including phenoxy) is 1. The lowest BCUT2D eigenvalue weighted by Crippen LogP contribution is -2.27. The number of para-hydroxylation sites is 1. The van der Waals surface area contributed by atoms with E-state index in [-0.39, 0.29) is 0 Å². The fraction of sp³-hybridized carbons (Fsp3) is 0.571. The van der Waals surface area contributed by atoms with Gasteiger partial charge in [-0.05, 0) is 45.3 Å². The van der Waals surface area contributed by atoms with Gasteiger partial charge in [0, 0.05) is 5.56 Å². The van der Waals surface area contributed by atoms with Crippen LogP contribution in [0.4, 0.5) is 0 Å². The molecule has 0 aromatic heterocycles. The van der Waals surface area contributed by atoms with E-state index < -0.39 is 5.60 Å². The SMILES string of the molecule is CCOc1ccccc1C1(O)CCCNCC1. The lowest BCUT2D eigenvalue weighted by Gasteiger charge is -2.28. The third-order valence-electron chi connectivity index (χ3n) is 3.35. The Kier molecular flexibility index (Phi) is 4.02. The van der Waals surface area contributed by atoms with Gasteiger partial charge in [-0.1, -0.05) is 18.2 Å². The highest BCUT2D eigenvalue weighted by atomic mass is 16.5. The van der Waals surface area contributed by atoms with Gasteiger partial charge in [-0.3, -0.25) is 0 Å². The van der Waals surface area contributed by atoms with E-state index in [0.29, 0.717) is 6.61 Å². The molecule has 1 atom stereocenters. The van der Waals surface area contributed by atoms with E-state index in [1.165, 1.54) is 0 Å². The minimum absolute atomic E-state index is 0.630. The molecular formula is C14H21NO2. The Morgan fingerprint density at radius 1 is 1.29 bits per heavy atom. The predicted molar refractivity (Wildman–Crippen MR) is 68.2 cm³/mol. The second-order valence-corrected chi connectivity index (χ2v) is 4.56. The monoisotopic (exact) mass is 235 g/mol. The standard InChI is InChI=1S/C14H21NO2/c1-2-17-13-7-4-3-6-12(13)14(16)8-5-10-15-11-9-14/h3-4,6-7,15-16H,2,5,8-11H2,1H3. The molecule has 3 heteroatoms. The third kappa shape index (κ3) is 2.79. The van der Waals surface area contributed by atoms with Gasteiger partial charge in [-0.25, -0.2) is 0 Å². The maximum absolute atomic E-state index is 10.8. The van der Waals surface area contributed by atoms with Crippen molar-refractivity contribution in [2.75, 3.05) is 19.7 Å². The zero-order chi connectivity index (χ0) is 12.1. The molecule has 2 N–H and O–H groups in total. The average Bonchev–Trinajstić information content (AvgIpc) is 2.56. The molecule has 0 saturated carbocycles. The molecule has 0 amide bonds. The van der Waals surface area contributed by atoms with Gasteiger partial charge in [0.25, 0.3) is 0 Å². The summed E-state index contributed by atoms with van der Waals surface area (Å²) in [4.78, 5) is 0. The molecular weight excluding hydrogens is 214 g/mol. The van der Waals surface area contributed by atoms with Crippen LogP contribution in [0.2, 0.25) is 0 Å². The van der Waals surface area contributed by atoms with Gasteiger partial charge in [0.2, 0.25) is 0 Å². The van der Waals surface area contributed by atoms with Crippen LogP contribution in [0.15, 0.2) is 24.3 Å². The first kappa shape index (κ1) is 12.4. The van der Waals surface area contributed by atoms with E-state index >= 15 is 0 Å². The molecule has 1 aromatic carbocycles. The van der Waals surface area contributed by atoms with Crippen molar-refractivity contribution < 1.29 is 9.84 Å². The lowest BCUT2D eigenvalue weighted by atomic mass is 9.86. The maximum atomic E-state index is 10.8. The minimum Gasteiger partial charge on any atom is -0.493 e. The fourth-order valence-corrected chi connectivity index (χ4v) is 2.45. The summed E-state index contributed by atoms with van der Waals surface area (Å²) in [6, 6.07) is 7.84. The Morgan fingerprint density at radius 3 is 2.94 bits per heavy atom. The molecule has 0 spiro atoms. The smallest absolute Gasteiger partial charge is 0.125 e. The van der Waals surface area contributed by atoms with Crippen LogP contribution in [0.25, 0.3) is 0 Å². The first-order chi connectivity index (χ1) is 8.26. The number of benzene rings is 1. The van der Waals surface area contributed by atoms with E-state index in [1.807, 2.05) is 31.2 Å². The highest BCUT2D eigenvalue weighted by Gasteiger charge is 2.32. The van der Waals surface area contributed by atoms with Crippen molar-refractivity contribution in [1.29, 1.82) is 0 Å². The van der Waals surface area contributed by atoms with Crippen LogP contribution in [0.5, 0.6) is 5.75 Å². The van der Waals surface area contributed by atoms with Crippen LogP contribution in [0.3, 0.4) is 0 Å². The van der Waals surface area contributed by atoms with E-state index in [1.54, 1.807) is 0 Å². The van der Waals surface area contributed by atoms with Gasteiger partial charge in [-0.2, -0.15) is 0 Å². The first-order valence-corrected chi connectivity index (χ1v) is 6.42. The largest absolute Gasteiger partial charge is 0.493 e. The molecule has 1 fully saturated rings. The molecule has 1 aliphatic heterocycles. The minimum atomic E-state index is -0.741. The van der Waals surface area contributed by atoms with Crippen molar-refractivity contribution in [1.82, 2.24) is 5.32 Å². The van der Waals surface area contributed by atoms with Gasteiger partial charge in [0.1, 0.15) is 5.75 Å². The summed E-state index contributed by atoms with van der Waals surface area (Å²) in [6.07, 6.45) is 2.54. The fourth-order valence-electron chi connectivity index (χ4n) is 2.45. The van der Waals surface area contributed by atoms with Crippen molar-refractivity contribution in [3.63, 3.8) is 0 Å². The molecule has 3 nitrogen and oxygen atoms in total. The highest BCUT2D eigenvalue weighted by Crippen LogP contribution is 2.36. The van der Waals surface area contributed by atoms with Gasteiger partial charge in [0.15, 0.2) is 0 Å². The number of hydrogen-bond donors (Lipinski definition) is 2. The van der Waals surface area contributed by atoms with Crippen molar-refractivity contribution in [3.05, 3.63) is 29.8 Å². The van der Waals surface area contributed by atoms with Crippen LogP contribution < -0.4 is 10.1 Å². The van der Waals surface area contributed by atoms with Crippen molar-refractivity contribution >= 4 is 0 Å². The molecule has 1 unspecified atom stereocenters. The zero-order valence-corrected chi connectivity index (χ0v) is 10.4. The summed E-state index contributed by atoms with van der Waals surface area (Å²) in [7, 11) is 0. The van der Waals surface area contributed by atoms with Gasteiger partial charge < -0.3 is 15.2 Å². The normalized spacial score (nSPS) is 25.3. The van der Waals surface area contributed by atoms with Crippen LogP contribution >= 0.6 is 0 Å². The van der Waals surface area contributed by atoms with Crippen molar-refractivity contribution in [2.45, 2.75) is 31.8 Å². The predicted octanol–water partition coefficient (Wildman–Crippen LogP) is 2.05. The van der Waals surface area contributed by atoms with Crippen LogP contribution in [0.1, 0.15) is 31.7 Å². The van der Waals surface area contributed by atoms with Gasteiger partial charge in [0.05, 0.1) is 12.2 Å². The number of nitrogens with one attached hydrogen (secondary N) is 1. The van der Waals surface area contributed by atoms with Gasteiger partial charge in [-0.15, -0.1) is 0 Å². The van der Waals surface area contributed by atoms with E-state index in [2.05, 4.69) is 5.32 Å². The molecule has 1 aliphatic rings. The summed E-state index contributed by atoms with van der Waals surface area (Å²) in [5.41, 5.74) is 0.195. The van der Waals surface area contributed by atoms with E-state index in [0.717, 1.165) is 43.7 Å². The zero-order valence-electron chi connectivity index (χ0n) is 10.4. The van der Waals surface area contributed by atoms with Crippen molar-refractivity contribution in [3.8, 4) is 5.75 Å². The molecule has 1 heterocycles. The molecule has 0 aliphatic carbocycles. The molecule has 17 heavy (non-hydrogen) atoms. The van der Waals surface area contributed by atoms with Crippen molar-refractivity contribution in [2.24, 2.45) is 0 Å². The third-order valence-corrected chi connectivity index (χ3v) is 3.35. The summed E-state index contributed by atoms with van der Waals surface area (Å²) in [5.74, 6) is 0.819. The number of rotatable bonds is 3. The Morgan fingerprint density at radius 2 is 2.12 bits per heavy atom. The quantitative estimate of drug-likeness (QED) is 0.842. The molecule has 1 saturated heterocycles. The highest BCUT2D eigenvalue weighted by molar-refractivity contribution is 5.38. The average molecular weight is 235 g/mol. The number of aliphatic hydroxyl groups is 1. The molecule has 0 bridgehead atoms. The lowest BCUT2D eigenvalue weighted by molar-refractivity contribution is 0.0213. The molecule has 94 valence electrons. The Hall–Kier alpha value is -1.06. The summed E-state index contributed by atoms with van der Waals surface area (Å²) in [6.45, 7) is 4.44.